The number of nitrogens with two attached hydrogens (primary N) is 1. The second-order valence-corrected chi connectivity index (χ2v) is 7.25. The Morgan fingerprint density at radius 1 is 1.00 bits per heavy atom. The van der Waals surface area contributed by atoms with Gasteiger partial charge in [0.1, 0.15) is 0 Å². The van der Waals surface area contributed by atoms with E-state index < -0.39 is 0 Å². The molecule has 0 bridgehead atoms. The summed E-state index contributed by atoms with van der Waals surface area (Å²) in [5.41, 5.74) is 6.42. The standard InChI is InChI=1S/C15H35N3/c1-12(2)14(5,11-18(9)13(3)4)10-15(6,16)17(7)8/h12-13H,10-11,16H2,1-9H3. The lowest BCUT2D eigenvalue weighted by molar-refractivity contribution is 0.0385. The van der Waals surface area contributed by atoms with Gasteiger partial charge in [0.05, 0.1) is 5.66 Å². The average molecular weight is 257 g/mol. The van der Waals surface area contributed by atoms with Crippen LogP contribution in [0, 0.1) is 11.3 Å². The zero-order valence-corrected chi connectivity index (χ0v) is 14.0. The summed E-state index contributed by atoms with van der Waals surface area (Å²) in [7, 11) is 6.33. The maximum Gasteiger partial charge on any atom is 0.0659 e. The monoisotopic (exact) mass is 257 g/mol. The van der Waals surface area contributed by atoms with Gasteiger partial charge in [-0.15, -0.1) is 0 Å². The van der Waals surface area contributed by atoms with Crippen LogP contribution in [0.3, 0.4) is 0 Å². The van der Waals surface area contributed by atoms with Gasteiger partial charge in [-0.3, -0.25) is 4.90 Å². The fourth-order valence-electron chi connectivity index (χ4n) is 2.17. The molecule has 110 valence electrons. The fraction of sp³-hybridized carbons (Fsp3) is 1.00. The molecule has 0 rings (SSSR count). The van der Waals surface area contributed by atoms with Gasteiger partial charge in [-0.2, -0.15) is 0 Å². The number of hydrogen-bond acceptors (Lipinski definition) is 3. The molecule has 0 saturated carbocycles. The lowest BCUT2D eigenvalue weighted by atomic mass is 9.72. The molecule has 0 aliphatic carbocycles. The molecule has 18 heavy (non-hydrogen) atoms. The summed E-state index contributed by atoms with van der Waals surface area (Å²) in [5, 5.41) is 0. The molecule has 2 N–H and O–H groups in total. The highest BCUT2D eigenvalue weighted by molar-refractivity contribution is 4.90. The molecular formula is C15H35N3. The molecule has 0 spiro atoms. The molecule has 2 unspecified atom stereocenters. The quantitative estimate of drug-likeness (QED) is 0.712. The molecular weight excluding hydrogens is 222 g/mol. The molecule has 0 aliphatic heterocycles. The van der Waals surface area contributed by atoms with Crippen LogP contribution in [-0.2, 0) is 0 Å². The van der Waals surface area contributed by atoms with Crippen LogP contribution in [0.15, 0.2) is 0 Å². The first-order valence-corrected chi connectivity index (χ1v) is 7.09. The van der Waals surface area contributed by atoms with E-state index in [0.29, 0.717) is 12.0 Å². The molecule has 0 amide bonds. The van der Waals surface area contributed by atoms with E-state index in [4.69, 9.17) is 5.73 Å². The first kappa shape index (κ1) is 17.9. The van der Waals surface area contributed by atoms with Gasteiger partial charge in [-0.05, 0) is 59.7 Å². The van der Waals surface area contributed by atoms with E-state index in [9.17, 15) is 0 Å². The average Bonchev–Trinajstić information content (AvgIpc) is 2.15. The lowest BCUT2D eigenvalue weighted by Crippen LogP contribution is -2.55. The largest absolute Gasteiger partial charge is 0.313 e. The van der Waals surface area contributed by atoms with Crippen molar-refractivity contribution in [1.82, 2.24) is 9.80 Å². The SMILES string of the molecule is CC(C)N(C)CC(C)(CC(C)(N)N(C)C)C(C)C. The molecule has 0 aromatic heterocycles. The van der Waals surface area contributed by atoms with Crippen LogP contribution >= 0.6 is 0 Å². The zero-order valence-electron chi connectivity index (χ0n) is 14.0. The van der Waals surface area contributed by atoms with Gasteiger partial charge in [0.2, 0.25) is 0 Å². The highest BCUT2D eigenvalue weighted by Gasteiger charge is 2.37. The van der Waals surface area contributed by atoms with Gasteiger partial charge in [0.15, 0.2) is 0 Å². The molecule has 0 radical (unpaired) electrons. The van der Waals surface area contributed by atoms with E-state index in [2.05, 4.69) is 72.5 Å². The van der Waals surface area contributed by atoms with Gasteiger partial charge in [0, 0.05) is 12.6 Å². The molecule has 0 aliphatic rings. The molecule has 3 nitrogen and oxygen atoms in total. The number of rotatable bonds is 7. The Labute approximate surface area is 115 Å². The lowest BCUT2D eigenvalue weighted by Gasteiger charge is -2.45. The predicted molar refractivity (Wildman–Crippen MR) is 81.6 cm³/mol. The fourth-order valence-corrected chi connectivity index (χ4v) is 2.17. The second kappa shape index (κ2) is 6.36. The van der Waals surface area contributed by atoms with Crippen LogP contribution in [0.5, 0.6) is 0 Å². The van der Waals surface area contributed by atoms with Gasteiger partial charge in [0.25, 0.3) is 0 Å². The molecule has 2 atom stereocenters. The van der Waals surface area contributed by atoms with Crippen molar-refractivity contribution in [2.45, 2.75) is 59.7 Å². The zero-order chi connectivity index (χ0) is 14.7. The van der Waals surface area contributed by atoms with Crippen molar-refractivity contribution in [2.75, 3.05) is 27.7 Å². The maximum absolute atomic E-state index is 6.44. The van der Waals surface area contributed by atoms with E-state index in [1.807, 2.05) is 0 Å². The van der Waals surface area contributed by atoms with Crippen LogP contribution in [0.4, 0.5) is 0 Å². The van der Waals surface area contributed by atoms with E-state index >= 15 is 0 Å². The van der Waals surface area contributed by atoms with Crippen LogP contribution in [0.1, 0.15) is 48.0 Å². The van der Waals surface area contributed by atoms with Crippen molar-refractivity contribution in [3.63, 3.8) is 0 Å². The Hall–Kier alpha value is -0.120. The van der Waals surface area contributed by atoms with Crippen molar-refractivity contribution in [1.29, 1.82) is 0 Å². The Morgan fingerprint density at radius 2 is 1.44 bits per heavy atom. The minimum absolute atomic E-state index is 0.229. The molecule has 0 aromatic carbocycles. The first-order chi connectivity index (χ1) is 7.92. The summed E-state index contributed by atoms with van der Waals surface area (Å²) in [6.45, 7) is 14.7. The number of hydrogen-bond donors (Lipinski definition) is 1. The second-order valence-electron chi connectivity index (χ2n) is 7.25. The Balaban J connectivity index is 4.94. The normalized spacial score (nSPS) is 19.7. The highest BCUT2D eigenvalue weighted by Crippen LogP contribution is 2.36. The third kappa shape index (κ3) is 4.87. The summed E-state index contributed by atoms with van der Waals surface area (Å²) >= 11 is 0. The van der Waals surface area contributed by atoms with Crippen LogP contribution in [0.2, 0.25) is 0 Å². The summed E-state index contributed by atoms with van der Waals surface area (Å²) in [6.07, 6.45) is 1.00. The summed E-state index contributed by atoms with van der Waals surface area (Å²) in [4.78, 5) is 4.55. The Kier molecular flexibility index (Phi) is 6.31. The van der Waals surface area contributed by atoms with E-state index in [0.717, 1.165) is 13.0 Å². The molecule has 3 heteroatoms. The van der Waals surface area contributed by atoms with E-state index in [-0.39, 0.29) is 11.1 Å². The van der Waals surface area contributed by atoms with Crippen molar-refractivity contribution in [2.24, 2.45) is 17.1 Å². The van der Waals surface area contributed by atoms with E-state index in [1.54, 1.807) is 0 Å². The minimum Gasteiger partial charge on any atom is -0.313 e. The third-order valence-corrected chi connectivity index (χ3v) is 4.67. The molecule has 0 fully saturated rings. The summed E-state index contributed by atoms with van der Waals surface area (Å²) in [5.74, 6) is 0.613. The molecule has 0 aromatic rings. The summed E-state index contributed by atoms with van der Waals surface area (Å²) in [6, 6.07) is 0.575. The minimum atomic E-state index is -0.253. The highest BCUT2D eigenvalue weighted by atomic mass is 15.2. The van der Waals surface area contributed by atoms with Crippen LogP contribution < -0.4 is 5.73 Å². The summed E-state index contributed by atoms with van der Waals surface area (Å²) < 4.78 is 0. The van der Waals surface area contributed by atoms with Gasteiger partial charge < -0.3 is 10.6 Å². The number of nitrogens with zero attached hydrogens (tertiary/aromatic N) is 2. The van der Waals surface area contributed by atoms with Crippen molar-refractivity contribution in [3.05, 3.63) is 0 Å². The molecule has 0 saturated heterocycles. The van der Waals surface area contributed by atoms with E-state index in [1.165, 1.54) is 0 Å². The smallest absolute Gasteiger partial charge is 0.0659 e. The predicted octanol–water partition coefficient (Wildman–Crippen LogP) is 2.62. The van der Waals surface area contributed by atoms with Gasteiger partial charge >= 0.3 is 0 Å². The van der Waals surface area contributed by atoms with Crippen molar-refractivity contribution >= 4 is 0 Å². The van der Waals surface area contributed by atoms with Crippen molar-refractivity contribution in [3.8, 4) is 0 Å². The van der Waals surface area contributed by atoms with Crippen LogP contribution in [0.25, 0.3) is 0 Å². The van der Waals surface area contributed by atoms with Crippen molar-refractivity contribution < 1.29 is 0 Å². The van der Waals surface area contributed by atoms with Crippen LogP contribution in [-0.4, -0.2) is 49.2 Å². The van der Waals surface area contributed by atoms with Gasteiger partial charge in [-0.1, -0.05) is 20.8 Å². The Bertz CT molecular complexity index is 246. The topological polar surface area (TPSA) is 32.5 Å². The third-order valence-electron chi connectivity index (χ3n) is 4.67. The first-order valence-electron chi connectivity index (χ1n) is 7.09. The van der Waals surface area contributed by atoms with Gasteiger partial charge in [-0.25, -0.2) is 0 Å². The Morgan fingerprint density at radius 3 is 1.72 bits per heavy atom. The maximum atomic E-state index is 6.44. The molecule has 0 heterocycles.